The van der Waals surface area contributed by atoms with Crippen LogP contribution in [0.15, 0.2) is 29.2 Å². The van der Waals surface area contributed by atoms with Crippen molar-refractivity contribution in [3.63, 3.8) is 0 Å². The molecule has 0 unspecified atom stereocenters. The molecule has 1 fully saturated rings. The number of carbonyl (C=O) groups is 2. The molecule has 9 nitrogen and oxygen atoms in total. The van der Waals surface area contributed by atoms with Crippen LogP contribution in [-0.4, -0.2) is 58.5 Å². The number of benzene rings is 1. The Hall–Kier alpha value is -3.47. The first kappa shape index (κ1) is 25.6. The topological polar surface area (TPSA) is 104 Å². The van der Waals surface area contributed by atoms with Crippen molar-refractivity contribution < 1.29 is 28.2 Å². The van der Waals surface area contributed by atoms with E-state index in [1.807, 2.05) is 13.8 Å². The van der Waals surface area contributed by atoms with E-state index in [0.29, 0.717) is 32.1 Å². The molecule has 1 aromatic carbocycles. The number of nitrogens with one attached hydrogen (secondary N) is 1. The van der Waals surface area contributed by atoms with Crippen LogP contribution >= 0.6 is 0 Å². The molecular formula is C25H30F2N4O5. The van der Waals surface area contributed by atoms with Gasteiger partial charge in [0.2, 0.25) is 5.43 Å². The number of hydrogen-bond donors (Lipinski definition) is 2. The van der Waals surface area contributed by atoms with E-state index in [1.165, 1.54) is 16.9 Å². The molecular weight excluding hydrogens is 474 g/mol. The highest BCUT2D eigenvalue weighted by Crippen LogP contribution is 2.40. The Balaban J connectivity index is 1.68. The van der Waals surface area contributed by atoms with Gasteiger partial charge in [-0.25, -0.2) is 8.78 Å². The average Bonchev–Trinajstić information content (AvgIpc) is 2.85. The Labute approximate surface area is 207 Å². The summed E-state index contributed by atoms with van der Waals surface area (Å²) in [4.78, 5) is 40.9. The van der Waals surface area contributed by atoms with Crippen molar-refractivity contribution in [3.8, 4) is 5.75 Å². The lowest BCUT2D eigenvalue weighted by atomic mass is 9.84. The molecule has 2 aromatic rings. The summed E-state index contributed by atoms with van der Waals surface area (Å²) in [5, 5.41) is 14.9. The molecule has 1 aliphatic carbocycles. The number of halogens is 2. The molecule has 2 amide bonds. The van der Waals surface area contributed by atoms with Crippen LogP contribution in [0.3, 0.4) is 0 Å². The molecule has 0 radical (unpaired) electrons. The van der Waals surface area contributed by atoms with Gasteiger partial charge in [-0.15, -0.1) is 0 Å². The molecule has 0 bridgehead atoms. The van der Waals surface area contributed by atoms with E-state index in [1.54, 1.807) is 17.0 Å². The van der Waals surface area contributed by atoms with E-state index in [0.717, 1.165) is 18.9 Å². The Morgan fingerprint density at radius 3 is 2.53 bits per heavy atom. The van der Waals surface area contributed by atoms with E-state index in [-0.39, 0.29) is 23.9 Å². The highest BCUT2D eigenvalue weighted by atomic mass is 19.1. The second kappa shape index (κ2) is 9.88. The molecule has 0 saturated heterocycles. The number of amides is 2. The Morgan fingerprint density at radius 1 is 1.22 bits per heavy atom. The lowest BCUT2D eigenvalue weighted by Crippen LogP contribution is -2.70. The number of carbonyl (C=O) groups excluding carboxylic acids is 2. The van der Waals surface area contributed by atoms with E-state index < -0.39 is 45.9 Å². The average molecular weight is 505 g/mol. The van der Waals surface area contributed by atoms with Crippen LogP contribution in [0.4, 0.5) is 8.78 Å². The fourth-order valence-corrected chi connectivity index (χ4v) is 5.30. The number of aromatic nitrogens is 1. The van der Waals surface area contributed by atoms with Gasteiger partial charge in [0.05, 0.1) is 6.10 Å². The lowest BCUT2D eigenvalue weighted by Gasteiger charge is -2.56. The predicted molar refractivity (Wildman–Crippen MR) is 127 cm³/mol. The fourth-order valence-electron chi connectivity index (χ4n) is 5.30. The molecule has 1 aliphatic heterocycles. The highest BCUT2D eigenvalue weighted by Gasteiger charge is 2.51. The molecule has 2 aliphatic rings. The van der Waals surface area contributed by atoms with E-state index >= 15 is 0 Å². The molecule has 1 aromatic heterocycles. The third-order valence-corrected chi connectivity index (χ3v) is 7.19. The van der Waals surface area contributed by atoms with Crippen molar-refractivity contribution in [2.75, 3.05) is 25.2 Å². The van der Waals surface area contributed by atoms with Gasteiger partial charge in [0.1, 0.15) is 22.9 Å². The molecule has 1 spiro atoms. The van der Waals surface area contributed by atoms with Gasteiger partial charge in [-0.3, -0.25) is 24.1 Å². The van der Waals surface area contributed by atoms with Gasteiger partial charge in [0.25, 0.3) is 11.8 Å². The zero-order chi connectivity index (χ0) is 26.2. The van der Waals surface area contributed by atoms with Crippen molar-refractivity contribution in [2.24, 2.45) is 0 Å². The number of rotatable bonds is 6. The number of aromatic hydroxyl groups is 1. The van der Waals surface area contributed by atoms with Gasteiger partial charge in [0.15, 0.2) is 11.4 Å². The largest absolute Gasteiger partial charge is 0.502 e. The first-order valence-corrected chi connectivity index (χ1v) is 12.0. The lowest BCUT2D eigenvalue weighted by molar-refractivity contribution is -0.0311. The molecule has 2 heterocycles. The fraction of sp³-hybridized carbons (Fsp3) is 0.480. The quantitative estimate of drug-likeness (QED) is 0.627. The van der Waals surface area contributed by atoms with Crippen LogP contribution in [0, 0.1) is 11.6 Å². The summed E-state index contributed by atoms with van der Waals surface area (Å²) in [7, 11) is 1.75. The summed E-state index contributed by atoms with van der Waals surface area (Å²) in [5.74, 6) is -3.78. The third-order valence-electron chi connectivity index (χ3n) is 7.19. The van der Waals surface area contributed by atoms with Crippen LogP contribution in [0.5, 0.6) is 5.75 Å². The van der Waals surface area contributed by atoms with Gasteiger partial charge in [-0.2, -0.15) is 0 Å². The smallest absolute Gasteiger partial charge is 0.278 e. The minimum atomic E-state index is -1.01. The maximum absolute atomic E-state index is 14.0. The van der Waals surface area contributed by atoms with Crippen LogP contribution < -0.4 is 15.8 Å². The van der Waals surface area contributed by atoms with E-state index in [4.69, 9.17) is 4.74 Å². The number of hydrogen-bond acceptors (Lipinski definition) is 6. The molecule has 1 saturated carbocycles. The maximum Gasteiger partial charge on any atom is 0.278 e. The van der Waals surface area contributed by atoms with Gasteiger partial charge in [-0.05, 0) is 45.6 Å². The van der Waals surface area contributed by atoms with E-state index in [2.05, 4.69) is 5.32 Å². The van der Waals surface area contributed by atoms with Crippen molar-refractivity contribution >= 4 is 11.8 Å². The number of nitrogens with zero attached hydrogens (tertiary/aromatic N) is 3. The Kier molecular flexibility index (Phi) is 7.03. The summed E-state index contributed by atoms with van der Waals surface area (Å²) >= 11 is 0. The standard InChI is InChI=1S/C25H30F2N4O5/c1-4-30-24(35)20-22(33)21(32)18(23(34)28-13-15-6-7-16(26)12-19(15)27)14-31(20)29(3)25(30)10-8-17(9-11-25)36-5-2/h6-7,12,14,17,33H,4-5,8-11,13H2,1-3H3,(H,28,34). The van der Waals surface area contributed by atoms with Gasteiger partial charge < -0.3 is 20.1 Å². The SMILES string of the molecule is CCOC1CCC2(CC1)N(CC)C(=O)c1c(O)c(=O)c(C(=O)NCc3ccc(F)cc3F)cn1N2C. The van der Waals surface area contributed by atoms with E-state index in [9.17, 15) is 28.3 Å². The molecule has 2 N–H and O–H groups in total. The van der Waals surface area contributed by atoms with Crippen LogP contribution in [0.1, 0.15) is 65.9 Å². The summed E-state index contributed by atoms with van der Waals surface area (Å²) in [5.41, 5.74) is -2.32. The van der Waals surface area contributed by atoms with Crippen molar-refractivity contribution in [1.29, 1.82) is 0 Å². The predicted octanol–water partition coefficient (Wildman–Crippen LogP) is 2.48. The number of ether oxygens (including phenoxy) is 1. The van der Waals surface area contributed by atoms with Crippen molar-refractivity contribution in [3.05, 3.63) is 63.1 Å². The number of fused-ring (bicyclic) bond motifs is 1. The summed E-state index contributed by atoms with van der Waals surface area (Å²) in [6.07, 6.45) is 3.96. The Morgan fingerprint density at radius 2 is 1.92 bits per heavy atom. The minimum absolute atomic E-state index is 0.0305. The maximum atomic E-state index is 14.0. The summed E-state index contributed by atoms with van der Waals surface area (Å²) in [6, 6.07) is 2.95. The van der Waals surface area contributed by atoms with Gasteiger partial charge in [0, 0.05) is 44.6 Å². The third kappa shape index (κ3) is 4.21. The zero-order valence-corrected chi connectivity index (χ0v) is 20.5. The molecule has 194 valence electrons. The zero-order valence-electron chi connectivity index (χ0n) is 20.5. The molecule has 4 rings (SSSR count). The molecule has 0 atom stereocenters. The molecule has 11 heteroatoms. The van der Waals surface area contributed by atoms with Crippen LogP contribution in [-0.2, 0) is 11.3 Å². The highest BCUT2D eigenvalue weighted by molar-refractivity contribution is 5.99. The Bertz CT molecular complexity index is 1240. The first-order chi connectivity index (χ1) is 17.1. The second-order valence-electron chi connectivity index (χ2n) is 9.04. The van der Waals surface area contributed by atoms with Gasteiger partial charge >= 0.3 is 0 Å². The molecule has 36 heavy (non-hydrogen) atoms. The van der Waals surface area contributed by atoms with Crippen LogP contribution in [0.25, 0.3) is 0 Å². The summed E-state index contributed by atoms with van der Waals surface area (Å²) < 4.78 is 34.3. The van der Waals surface area contributed by atoms with Crippen molar-refractivity contribution in [1.82, 2.24) is 14.9 Å². The minimum Gasteiger partial charge on any atom is -0.502 e. The number of pyridine rings is 1. The van der Waals surface area contributed by atoms with Gasteiger partial charge in [-0.1, -0.05) is 6.07 Å². The van der Waals surface area contributed by atoms with Crippen LogP contribution in [0.2, 0.25) is 0 Å². The monoisotopic (exact) mass is 504 g/mol. The first-order valence-electron chi connectivity index (χ1n) is 12.0. The normalized spacial score (nSPS) is 21.6. The van der Waals surface area contributed by atoms with Crippen molar-refractivity contribution in [2.45, 2.75) is 57.8 Å². The summed E-state index contributed by atoms with van der Waals surface area (Å²) in [6.45, 7) is 4.44. The second-order valence-corrected chi connectivity index (χ2v) is 9.04.